The van der Waals surface area contributed by atoms with Crippen LogP contribution in [0, 0.1) is 0 Å². The second-order valence-electron chi connectivity index (χ2n) is 5.53. The smallest absolute Gasteiger partial charge is 0.181 e. The first kappa shape index (κ1) is 14.2. The molecule has 2 aromatic heterocycles. The number of nitrogen functional groups attached to an aromatic ring is 1. The molecule has 24 heavy (non-hydrogen) atoms. The molecule has 2 aromatic carbocycles. The highest BCUT2D eigenvalue weighted by molar-refractivity contribution is 5.58. The molecule has 4 rings (SSSR count). The molecule has 0 radical (unpaired) electrons. The number of nitrogens with one attached hydrogen (secondary N) is 1. The zero-order chi connectivity index (χ0) is 16.4. The summed E-state index contributed by atoms with van der Waals surface area (Å²) in [6, 6.07) is 17.5. The summed E-state index contributed by atoms with van der Waals surface area (Å²) in [5.74, 6) is 1.47. The normalized spacial score (nSPS) is 10.8. The number of benzene rings is 2. The van der Waals surface area contributed by atoms with Gasteiger partial charge in [-0.15, -0.1) is 0 Å². The Morgan fingerprint density at radius 2 is 1.79 bits per heavy atom. The van der Waals surface area contributed by atoms with Gasteiger partial charge in [-0.25, -0.2) is 9.67 Å². The Labute approximate surface area is 139 Å². The molecule has 0 atom stereocenters. The fourth-order valence-corrected chi connectivity index (χ4v) is 2.50. The molecule has 0 aliphatic rings. The van der Waals surface area contributed by atoms with Crippen LogP contribution in [0.2, 0.25) is 0 Å². The van der Waals surface area contributed by atoms with Crippen molar-refractivity contribution in [2.24, 2.45) is 0 Å². The molecule has 0 spiro atoms. The van der Waals surface area contributed by atoms with Gasteiger partial charge in [0, 0.05) is 23.9 Å². The molecule has 6 heteroatoms. The minimum atomic E-state index is 0.648. The van der Waals surface area contributed by atoms with E-state index in [2.05, 4.69) is 20.3 Å². The van der Waals surface area contributed by atoms with Crippen molar-refractivity contribution in [2.45, 2.75) is 6.42 Å². The first-order valence-corrected chi connectivity index (χ1v) is 7.64. The number of rotatable bonds is 4. The molecular weight excluding hydrogens is 300 g/mol. The molecule has 4 aromatic rings. The maximum absolute atomic E-state index is 5.70. The number of hydrogen-bond acceptors (Lipinski definition) is 4. The summed E-state index contributed by atoms with van der Waals surface area (Å²) in [6.45, 7) is 0. The van der Waals surface area contributed by atoms with Gasteiger partial charge < -0.3 is 5.73 Å². The van der Waals surface area contributed by atoms with Crippen molar-refractivity contribution in [1.29, 1.82) is 0 Å². The zero-order valence-corrected chi connectivity index (χ0v) is 12.9. The van der Waals surface area contributed by atoms with Crippen LogP contribution < -0.4 is 5.73 Å². The predicted octanol–water partition coefficient (Wildman–Crippen LogP) is 2.83. The third-order valence-electron chi connectivity index (χ3n) is 3.73. The van der Waals surface area contributed by atoms with Crippen LogP contribution in [0.25, 0.3) is 17.1 Å². The summed E-state index contributed by atoms with van der Waals surface area (Å²) in [6.07, 6.45) is 4.49. The Hall–Kier alpha value is -3.41. The summed E-state index contributed by atoms with van der Waals surface area (Å²) in [5, 5.41) is 11.7. The number of H-pyrrole nitrogens is 1. The van der Waals surface area contributed by atoms with Crippen LogP contribution in [0.5, 0.6) is 0 Å². The monoisotopic (exact) mass is 316 g/mol. The van der Waals surface area contributed by atoms with Crippen molar-refractivity contribution in [3.8, 4) is 17.1 Å². The van der Waals surface area contributed by atoms with E-state index in [-0.39, 0.29) is 0 Å². The third kappa shape index (κ3) is 2.89. The van der Waals surface area contributed by atoms with Crippen LogP contribution in [0.1, 0.15) is 11.4 Å². The number of para-hydroxylation sites is 1. The van der Waals surface area contributed by atoms with Gasteiger partial charge in [0.2, 0.25) is 0 Å². The van der Waals surface area contributed by atoms with Crippen molar-refractivity contribution in [2.75, 3.05) is 5.73 Å². The SMILES string of the molecule is Nc1ccc(-c2n[nH]c(Cc3cnn(-c4ccccc4)c3)n2)cc1. The van der Waals surface area contributed by atoms with Crippen molar-refractivity contribution in [3.05, 3.63) is 78.4 Å². The Bertz CT molecular complexity index is 937. The Morgan fingerprint density at radius 1 is 1.00 bits per heavy atom. The van der Waals surface area contributed by atoms with Crippen LogP contribution in [0.4, 0.5) is 5.69 Å². The van der Waals surface area contributed by atoms with Crippen LogP contribution in [0.3, 0.4) is 0 Å². The van der Waals surface area contributed by atoms with E-state index in [1.54, 1.807) is 0 Å². The van der Waals surface area contributed by atoms with Gasteiger partial charge in [-0.05, 0) is 42.0 Å². The van der Waals surface area contributed by atoms with Crippen molar-refractivity contribution in [1.82, 2.24) is 25.0 Å². The van der Waals surface area contributed by atoms with Gasteiger partial charge in [-0.2, -0.15) is 10.2 Å². The second kappa shape index (κ2) is 6.00. The molecule has 0 aliphatic carbocycles. The lowest BCUT2D eigenvalue weighted by Gasteiger charge is -1.98. The molecule has 0 fully saturated rings. The molecule has 118 valence electrons. The minimum absolute atomic E-state index is 0.648. The van der Waals surface area contributed by atoms with E-state index >= 15 is 0 Å². The average Bonchev–Trinajstić information content (AvgIpc) is 3.27. The minimum Gasteiger partial charge on any atom is -0.399 e. The average molecular weight is 316 g/mol. The number of aromatic amines is 1. The van der Waals surface area contributed by atoms with Crippen molar-refractivity contribution in [3.63, 3.8) is 0 Å². The second-order valence-corrected chi connectivity index (χ2v) is 5.53. The molecule has 6 nitrogen and oxygen atoms in total. The molecule has 0 saturated carbocycles. The van der Waals surface area contributed by atoms with Crippen LogP contribution in [0.15, 0.2) is 67.0 Å². The van der Waals surface area contributed by atoms with Crippen LogP contribution >= 0.6 is 0 Å². The maximum atomic E-state index is 5.70. The van der Waals surface area contributed by atoms with E-state index in [1.807, 2.05) is 71.7 Å². The van der Waals surface area contributed by atoms with Gasteiger partial charge in [0.05, 0.1) is 11.9 Å². The quantitative estimate of drug-likeness (QED) is 0.567. The van der Waals surface area contributed by atoms with Gasteiger partial charge >= 0.3 is 0 Å². The van der Waals surface area contributed by atoms with Gasteiger partial charge in [0.25, 0.3) is 0 Å². The van der Waals surface area contributed by atoms with E-state index in [9.17, 15) is 0 Å². The van der Waals surface area contributed by atoms with E-state index in [0.717, 1.165) is 28.3 Å². The lowest BCUT2D eigenvalue weighted by Crippen LogP contribution is -1.93. The summed E-state index contributed by atoms with van der Waals surface area (Å²) in [7, 11) is 0. The molecule has 0 amide bonds. The Balaban J connectivity index is 1.52. The molecule has 0 aliphatic heterocycles. The molecule has 0 bridgehead atoms. The zero-order valence-electron chi connectivity index (χ0n) is 12.9. The number of nitrogens with zero attached hydrogens (tertiary/aromatic N) is 4. The van der Waals surface area contributed by atoms with E-state index in [1.165, 1.54) is 0 Å². The molecule has 0 saturated heterocycles. The Kier molecular flexibility index (Phi) is 3.55. The fourth-order valence-electron chi connectivity index (χ4n) is 2.50. The highest BCUT2D eigenvalue weighted by Gasteiger charge is 2.08. The van der Waals surface area contributed by atoms with Crippen LogP contribution in [-0.2, 0) is 6.42 Å². The maximum Gasteiger partial charge on any atom is 0.181 e. The van der Waals surface area contributed by atoms with Gasteiger partial charge in [0.1, 0.15) is 5.82 Å². The molecular formula is C18H16N6. The number of aromatic nitrogens is 5. The first-order chi connectivity index (χ1) is 11.8. The van der Waals surface area contributed by atoms with Gasteiger partial charge in [-0.3, -0.25) is 5.10 Å². The first-order valence-electron chi connectivity index (χ1n) is 7.64. The topological polar surface area (TPSA) is 85.4 Å². The van der Waals surface area contributed by atoms with E-state index < -0.39 is 0 Å². The summed E-state index contributed by atoms with van der Waals surface area (Å²) >= 11 is 0. The summed E-state index contributed by atoms with van der Waals surface area (Å²) in [5.41, 5.74) is 9.47. The molecule has 3 N–H and O–H groups in total. The highest BCUT2D eigenvalue weighted by atomic mass is 15.3. The lowest BCUT2D eigenvalue weighted by atomic mass is 10.2. The third-order valence-corrected chi connectivity index (χ3v) is 3.73. The van der Waals surface area contributed by atoms with Gasteiger partial charge in [0.15, 0.2) is 5.82 Å². The molecule has 2 heterocycles. The van der Waals surface area contributed by atoms with Crippen molar-refractivity contribution >= 4 is 5.69 Å². The lowest BCUT2D eigenvalue weighted by molar-refractivity contribution is 0.879. The predicted molar refractivity (Wildman–Crippen MR) is 92.6 cm³/mol. The highest BCUT2D eigenvalue weighted by Crippen LogP contribution is 2.17. The van der Waals surface area contributed by atoms with Crippen molar-refractivity contribution < 1.29 is 0 Å². The number of hydrogen-bond donors (Lipinski definition) is 2. The summed E-state index contributed by atoms with van der Waals surface area (Å²) in [4.78, 5) is 4.54. The standard InChI is InChI=1S/C18H16N6/c19-15-8-6-14(7-9-15)18-21-17(22-23-18)10-13-11-20-24(12-13)16-4-2-1-3-5-16/h1-9,11-12H,10,19H2,(H,21,22,23). The van der Waals surface area contributed by atoms with E-state index in [4.69, 9.17) is 5.73 Å². The summed E-state index contributed by atoms with van der Waals surface area (Å²) < 4.78 is 1.85. The van der Waals surface area contributed by atoms with E-state index in [0.29, 0.717) is 12.2 Å². The fraction of sp³-hybridized carbons (Fsp3) is 0.0556. The van der Waals surface area contributed by atoms with Crippen LogP contribution in [-0.4, -0.2) is 25.0 Å². The number of anilines is 1. The van der Waals surface area contributed by atoms with Gasteiger partial charge in [-0.1, -0.05) is 18.2 Å². The largest absolute Gasteiger partial charge is 0.399 e. The number of nitrogens with two attached hydrogens (primary N) is 1. The molecule has 0 unspecified atom stereocenters. The Morgan fingerprint density at radius 3 is 2.58 bits per heavy atom.